The van der Waals surface area contributed by atoms with Crippen molar-refractivity contribution >= 4 is 75.1 Å². The minimum atomic E-state index is 1.15. The third-order valence-electron chi connectivity index (χ3n) is 10.5. The van der Waals surface area contributed by atoms with E-state index in [1.807, 2.05) is 11.3 Å². The summed E-state index contributed by atoms with van der Waals surface area (Å²) in [5.74, 6) is 0. The Kier molecular flexibility index (Phi) is 6.16. The fourth-order valence-corrected chi connectivity index (χ4v) is 9.47. The molecular formula is C48H30N2S. The van der Waals surface area contributed by atoms with Crippen LogP contribution in [0.4, 0.5) is 0 Å². The van der Waals surface area contributed by atoms with E-state index in [1.54, 1.807) is 0 Å². The Bertz CT molecular complexity index is 3050. The molecule has 3 aromatic heterocycles. The van der Waals surface area contributed by atoms with Gasteiger partial charge in [-0.25, -0.2) is 0 Å². The standard InChI is InChI=1S/C48H30N2S/c1-4-14-31(15-5-1)33-26-34(32-16-6-2-7-17-32)28-36(27-33)50-43-25-24-39-38-21-11-13-23-46(38)51-48(39)47(43)41-29-40-37-20-10-12-22-42(37)49(44(40)30-45(41)50)35-18-8-3-9-19-35/h1-30H. The number of nitrogens with zero attached hydrogens (tertiary/aromatic N) is 2. The molecule has 11 rings (SSSR count). The van der Waals surface area contributed by atoms with Gasteiger partial charge >= 0.3 is 0 Å². The van der Waals surface area contributed by atoms with Gasteiger partial charge in [0.25, 0.3) is 0 Å². The summed E-state index contributed by atoms with van der Waals surface area (Å²) in [6.07, 6.45) is 0. The van der Waals surface area contributed by atoms with Gasteiger partial charge in [-0.1, -0.05) is 121 Å². The van der Waals surface area contributed by atoms with Crippen molar-refractivity contribution in [2.24, 2.45) is 0 Å². The van der Waals surface area contributed by atoms with Crippen molar-refractivity contribution in [1.29, 1.82) is 0 Å². The van der Waals surface area contributed by atoms with Crippen molar-refractivity contribution in [3.63, 3.8) is 0 Å². The summed E-state index contributed by atoms with van der Waals surface area (Å²) >= 11 is 1.91. The second-order valence-electron chi connectivity index (χ2n) is 13.3. The predicted octanol–water partition coefficient (Wildman–Crippen LogP) is 13.6. The van der Waals surface area contributed by atoms with E-state index < -0.39 is 0 Å². The number of benzene rings is 8. The molecule has 2 nitrogen and oxygen atoms in total. The van der Waals surface area contributed by atoms with E-state index in [0.717, 1.165) is 11.4 Å². The Labute approximate surface area is 298 Å². The van der Waals surface area contributed by atoms with Gasteiger partial charge in [-0.2, -0.15) is 0 Å². The molecule has 11 aromatic rings. The topological polar surface area (TPSA) is 9.86 Å². The first-order valence-corrected chi connectivity index (χ1v) is 18.3. The first-order valence-electron chi connectivity index (χ1n) is 17.4. The zero-order chi connectivity index (χ0) is 33.5. The zero-order valence-electron chi connectivity index (χ0n) is 27.6. The highest BCUT2D eigenvalue weighted by atomic mass is 32.1. The lowest BCUT2D eigenvalue weighted by atomic mass is 9.98. The molecule has 3 heteroatoms. The molecular weight excluding hydrogens is 637 g/mol. The fraction of sp³-hybridized carbons (Fsp3) is 0. The molecule has 0 aliphatic heterocycles. The van der Waals surface area contributed by atoms with Crippen LogP contribution in [0.1, 0.15) is 0 Å². The van der Waals surface area contributed by atoms with E-state index in [9.17, 15) is 0 Å². The van der Waals surface area contributed by atoms with Gasteiger partial charge in [-0.3, -0.25) is 0 Å². The molecule has 0 spiro atoms. The molecule has 0 N–H and O–H groups in total. The number of para-hydroxylation sites is 2. The van der Waals surface area contributed by atoms with Crippen molar-refractivity contribution < 1.29 is 0 Å². The molecule has 8 aromatic carbocycles. The molecule has 0 bridgehead atoms. The molecule has 0 fully saturated rings. The molecule has 0 radical (unpaired) electrons. The van der Waals surface area contributed by atoms with Crippen LogP contribution in [0.2, 0.25) is 0 Å². The van der Waals surface area contributed by atoms with Crippen molar-refractivity contribution in [3.05, 3.63) is 182 Å². The second-order valence-corrected chi connectivity index (χ2v) is 14.4. The SMILES string of the molecule is c1ccc(-c2cc(-c3ccccc3)cc(-n3c4cc5c(cc4c4c6sc7ccccc7c6ccc43)c3ccccc3n5-c3ccccc3)c2)cc1. The third-order valence-corrected chi connectivity index (χ3v) is 11.7. The molecule has 3 heterocycles. The Balaban J connectivity index is 1.33. The average Bonchev–Trinajstić information content (AvgIpc) is 3.85. The predicted molar refractivity (Wildman–Crippen MR) is 219 cm³/mol. The minimum absolute atomic E-state index is 1.15. The second kappa shape index (κ2) is 11.0. The zero-order valence-corrected chi connectivity index (χ0v) is 28.4. The van der Waals surface area contributed by atoms with Crippen molar-refractivity contribution in [2.45, 2.75) is 0 Å². The lowest BCUT2D eigenvalue weighted by Crippen LogP contribution is -1.97. The molecule has 51 heavy (non-hydrogen) atoms. The highest BCUT2D eigenvalue weighted by molar-refractivity contribution is 7.26. The van der Waals surface area contributed by atoms with Gasteiger partial charge in [0.2, 0.25) is 0 Å². The molecule has 0 aliphatic rings. The van der Waals surface area contributed by atoms with E-state index in [-0.39, 0.29) is 0 Å². The first-order chi connectivity index (χ1) is 25.3. The van der Waals surface area contributed by atoms with Gasteiger partial charge in [0, 0.05) is 53.1 Å². The number of aromatic nitrogens is 2. The van der Waals surface area contributed by atoms with Crippen LogP contribution in [0.3, 0.4) is 0 Å². The molecule has 0 unspecified atom stereocenters. The van der Waals surface area contributed by atoms with E-state index >= 15 is 0 Å². The van der Waals surface area contributed by atoms with Gasteiger partial charge in [-0.05, 0) is 82.9 Å². The van der Waals surface area contributed by atoms with Gasteiger partial charge < -0.3 is 9.13 Å². The van der Waals surface area contributed by atoms with Gasteiger partial charge in [0.15, 0.2) is 0 Å². The summed E-state index contributed by atoms with van der Waals surface area (Å²) in [6, 6.07) is 66.6. The van der Waals surface area contributed by atoms with Gasteiger partial charge in [-0.15, -0.1) is 11.3 Å². The maximum Gasteiger partial charge on any atom is 0.0562 e. The van der Waals surface area contributed by atoms with Crippen molar-refractivity contribution in [3.8, 4) is 33.6 Å². The molecule has 0 atom stereocenters. The third kappa shape index (κ3) is 4.29. The molecule has 0 saturated carbocycles. The number of hydrogen-bond donors (Lipinski definition) is 0. The minimum Gasteiger partial charge on any atom is -0.309 e. The number of hydrogen-bond acceptors (Lipinski definition) is 1. The van der Waals surface area contributed by atoms with Crippen LogP contribution in [0, 0.1) is 0 Å². The van der Waals surface area contributed by atoms with Crippen LogP contribution in [0.5, 0.6) is 0 Å². The molecule has 0 aliphatic carbocycles. The first kappa shape index (κ1) is 28.4. The van der Waals surface area contributed by atoms with Crippen LogP contribution in [0.15, 0.2) is 182 Å². The number of fused-ring (bicyclic) bond motifs is 10. The molecule has 238 valence electrons. The number of rotatable bonds is 4. The van der Waals surface area contributed by atoms with Crippen molar-refractivity contribution in [2.75, 3.05) is 0 Å². The van der Waals surface area contributed by atoms with Crippen molar-refractivity contribution in [1.82, 2.24) is 9.13 Å². The van der Waals surface area contributed by atoms with E-state index in [0.29, 0.717) is 0 Å². The quantitative estimate of drug-likeness (QED) is 0.177. The maximum atomic E-state index is 2.51. The Morgan fingerprint density at radius 3 is 1.63 bits per heavy atom. The highest BCUT2D eigenvalue weighted by Gasteiger charge is 2.22. The fourth-order valence-electron chi connectivity index (χ4n) is 8.21. The number of thiophene rings is 1. The normalized spacial score (nSPS) is 11.9. The summed E-state index contributed by atoms with van der Waals surface area (Å²) in [5, 5.41) is 7.75. The Morgan fingerprint density at radius 2 is 0.902 bits per heavy atom. The van der Waals surface area contributed by atoms with Gasteiger partial charge in [0.05, 0.1) is 22.1 Å². The summed E-state index contributed by atoms with van der Waals surface area (Å²) in [6.45, 7) is 0. The largest absolute Gasteiger partial charge is 0.309 e. The summed E-state index contributed by atoms with van der Waals surface area (Å²) < 4.78 is 7.60. The van der Waals surface area contributed by atoms with Crippen LogP contribution in [-0.2, 0) is 0 Å². The van der Waals surface area contributed by atoms with E-state index in [4.69, 9.17) is 0 Å². The highest BCUT2D eigenvalue weighted by Crippen LogP contribution is 2.46. The molecule has 0 amide bonds. The molecule has 0 saturated heterocycles. The Morgan fingerprint density at radius 1 is 0.314 bits per heavy atom. The van der Waals surface area contributed by atoms with Crippen LogP contribution in [0.25, 0.3) is 97.4 Å². The van der Waals surface area contributed by atoms with Crippen LogP contribution < -0.4 is 0 Å². The van der Waals surface area contributed by atoms with Crippen LogP contribution in [-0.4, -0.2) is 9.13 Å². The lowest BCUT2D eigenvalue weighted by molar-refractivity contribution is 1.17. The average molecular weight is 667 g/mol. The Hall–Kier alpha value is -6.42. The summed E-state index contributed by atoms with van der Waals surface area (Å²) in [5.41, 5.74) is 12.0. The smallest absolute Gasteiger partial charge is 0.0562 e. The monoisotopic (exact) mass is 666 g/mol. The van der Waals surface area contributed by atoms with Gasteiger partial charge in [0.1, 0.15) is 0 Å². The van der Waals surface area contributed by atoms with E-state index in [1.165, 1.54) is 86.0 Å². The summed E-state index contributed by atoms with van der Waals surface area (Å²) in [7, 11) is 0. The maximum absolute atomic E-state index is 2.51. The van der Waals surface area contributed by atoms with E-state index in [2.05, 4.69) is 191 Å². The lowest BCUT2D eigenvalue weighted by Gasteiger charge is -2.14. The van der Waals surface area contributed by atoms with Crippen LogP contribution >= 0.6 is 11.3 Å². The summed E-state index contributed by atoms with van der Waals surface area (Å²) in [4.78, 5) is 0.